The molecular weight excluding hydrogens is 883 g/mol. The lowest BCUT2D eigenvalue weighted by Gasteiger charge is -2.39. The number of rotatable bonds is 16. The highest BCUT2D eigenvalue weighted by atomic mass is 19.1. The third kappa shape index (κ3) is 18.6. The second-order valence-corrected chi connectivity index (χ2v) is 16.0. The van der Waals surface area contributed by atoms with Crippen molar-refractivity contribution in [3.8, 4) is 0 Å². The summed E-state index contributed by atoms with van der Waals surface area (Å²) in [7, 11) is 4.74. The highest BCUT2D eigenvalue weighted by Gasteiger charge is 2.37. The number of piperazine rings is 1. The lowest BCUT2D eigenvalue weighted by Crippen LogP contribution is -2.58. The molecule has 370 valence electrons. The predicted octanol–water partition coefficient (Wildman–Crippen LogP) is 7.63. The van der Waals surface area contributed by atoms with Gasteiger partial charge in [-0.1, -0.05) is 112 Å². The van der Waals surface area contributed by atoms with E-state index in [1.165, 1.54) is 53.6 Å². The van der Waals surface area contributed by atoms with Gasteiger partial charge in [0.15, 0.2) is 12.9 Å². The number of likely N-dealkylation sites (N-methyl/N-ethyl adjacent to an activating group) is 2. The van der Waals surface area contributed by atoms with Gasteiger partial charge in [0.25, 0.3) is 5.91 Å². The van der Waals surface area contributed by atoms with Crippen LogP contribution in [0.3, 0.4) is 0 Å². The van der Waals surface area contributed by atoms with E-state index in [-0.39, 0.29) is 42.8 Å². The number of amides is 3. The predicted molar refractivity (Wildman–Crippen MR) is 264 cm³/mol. The number of aryl methyl sites for hydroxylation is 2. The van der Waals surface area contributed by atoms with Crippen molar-refractivity contribution in [3.05, 3.63) is 179 Å². The van der Waals surface area contributed by atoms with Crippen LogP contribution in [0.5, 0.6) is 0 Å². The van der Waals surface area contributed by atoms with Gasteiger partial charge in [-0.25, -0.2) is 28.5 Å². The summed E-state index contributed by atoms with van der Waals surface area (Å²) >= 11 is 0. The van der Waals surface area contributed by atoms with Gasteiger partial charge in [-0.2, -0.15) is 0 Å². The molecule has 0 aliphatic carbocycles. The van der Waals surface area contributed by atoms with E-state index >= 15 is 0 Å². The van der Waals surface area contributed by atoms with Crippen LogP contribution in [0.4, 0.5) is 8.78 Å². The van der Waals surface area contributed by atoms with E-state index < -0.39 is 11.8 Å². The Bertz CT molecular complexity index is 2510. The maximum atomic E-state index is 13.6. The lowest BCUT2D eigenvalue weighted by atomic mass is 10.00. The average Bonchev–Trinajstić information content (AvgIpc) is 3.98. The molecule has 3 amide bonds. The molecule has 4 aromatic carbocycles. The van der Waals surface area contributed by atoms with Crippen LogP contribution < -0.4 is 5.73 Å². The normalized spacial score (nSPS) is 13.3. The molecule has 0 saturated carbocycles. The average molecular weight is 951 g/mol. The monoisotopic (exact) mass is 951 g/mol. The van der Waals surface area contributed by atoms with Crippen LogP contribution in [0.25, 0.3) is 0 Å². The number of hydrogen-bond donors (Lipinski definition) is 1. The largest absolute Gasteiger partial charge is 0.342 e. The Kier molecular flexibility index (Phi) is 24.4. The van der Waals surface area contributed by atoms with Gasteiger partial charge >= 0.3 is 11.8 Å². The second kappa shape index (κ2) is 29.8. The summed E-state index contributed by atoms with van der Waals surface area (Å²) in [5.41, 5.74) is 13.6. The number of halogens is 2. The first-order valence-corrected chi connectivity index (χ1v) is 23.0. The van der Waals surface area contributed by atoms with Gasteiger partial charge < -0.3 is 29.6 Å². The molecule has 16 heteroatoms. The quantitative estimate of drug-likeness (QED) is 0.0446. The highest BCUT2D eigenvalue weighted by Crippen LogP contribution is 2.21. The van der Waals surface area contributed by atoms with E-state index in [4.69, 9.17) is 5.73 Å². The number of carbonyl (C=O) groups is 4. The number of nitrogens with zero attached hydrogens (tertiary/aromatic N) is 7. The Hall–Kier alpha value is -6.88. The Morgan fingerprint density at radius 3 is 1.90 bits per heavy atom. The molecule has 0 bridgehead atoms. The van der Waals surface area contributed by atoms with E-state index in [0.29, 0.717) is 38.3 Å². The minimum Gasteiger partial charge on any atom is -0.342 e. The fourth-order valence-electron chi connectivity index (χ4n) is 7.34. The molecule has 14 nitrogen and oxygen atoms in total. The van der Waals surface area contributed by atoms with E-state index in [9.17, 15) is 28.0 Å². The molecule has 2 N–H and O–H groups in total. The van der Waals surface area contributed by atoms with Gasteiger partial charge in [-0.15, -0.1) is 0 Å². The Morgan fingerprint density at radius 1 is 0.783 bits per heavy atom. The first-order valence-electron chi connectivity index (χ1n) is 23.0. The van der Waals surface area contributed by atoms with Crippen LogP contribution in [-0.4, -0.2) is 111 Å². The smallest absolute Gasteiger partial charge is 0.312 e. The van der Waals surface area contributed by atoms with Crippen molar-refractivity contribution in [1.29, 1.82) is 0 Å². The number of benzene rings is 4. The lowest BCUT2D eigenvalue weighted by molar-refractivity contribution is -0.269. The molecule has 2 aromatic heterocycles. The molecule has 0 radical (unpaired) electrons. The number of nitrogens with two attached hydrogens (primary N) is 1. The van der Waals surface area contributed by atoms with Crippen molar-refractivity contribution in [2.24, 2.45) is 5.73 Å². The number of aromatic nitrogens is 4. The zero-order valence-corrected chi connectivity index (χ0v) is 41.3. The van der Waals surface area contributed by atoms with Gasteiger partial charge in [0.1, 0.15) is 17.3 Å². The third-order valence-electron chi connectivity index (χ3n) is 10.6. The Morgan fingerprint density at radius 2 is 1.32 bits per heavy atom. The standard InChI is InChI=1S/C24H25FN4O2.C14H22N2O3.C11H9FN2O.2C2H6/c1-17-5-3-6-18(9-17)11-21-14-27(2)23(30)24(31)29(21)15-22-12-26-16-28(22)13-19-7-4-8-20(25)10-19;1-11-5-4-6-12(7-11)8-13(15)9-16(2)14(17)10-19-18-3;12-10-3-1-2-9(4-10)6-14-8-13-5-11(14)7-15;2*1-2/h3-10,12,16,21H,11,13-15H2,1-2H3;4-7,13H,8-10,15H2,1-3H3;1-5,7-8H,6H2;2*1-2H3. The maximum absolute atomic E-state index is 13.6. The van der Waals surface area contributed by atoms with Crippen LogP contribution in [0.2, 0.25) is 0 Å². The van der Waals surface area contributed by atoms with Crippen molar-refractivity contribution < 1.29 is 37.7 Å². The van der Waals surface area contributed by atoms with E-state index in [2.05, 4.69) is 31.9 Å². The second-order valence-electron chi connectivity index (χ2n) is 16.0. The molecule has 1 aliphatic rings. The molecule has 2 atom stereocenters. The molecule has 2 unspecified atom stereocenters. The minimum absolute atomic E-state index is 0.0931. The third-order valence-corrected chi connectivity index (χ3v) is 10.6. The minimum atomic E-state index is -0.509. The summed E-state index contributed by atoms with van der Waals surface area (Å²) in [5.74, 6) is -1.74. The summed E-state index contributed by atoms with van der Waals surface area (Å²) in [6.45, 7) is 14.1. The van der Waals surface area contributed by atoms with Crippen LogP contribution in [0, 0.1) is 25.5 Å². The fraction of sp³-hybridized carbons (Fsp3) is 0.358. The zero-order chi connectivity index (χ0) is 50.9. The summed E-state index contributed by atoms with van der Waals surface area (Å²) in [6.07, 6.45) is 8.51. The number of carbonyl (C=O) groups excluding carboxylic acids is 4. The molecule has 7 rings (SSSR count). The Labute approximate surface area is 405 Å². The van der Waals surface area contributed by atoms with Crippen molar-refractivity contribution in [3.63, 3.8) is 0 Å². The SMILES string of the molecule is CC.CC.COOCC(=O)N(C)CC(N)Cc1cccc(C)c1.Cc1cccc(CC2CN(C)C(=O)C(=O)N2Cc2cncn2Cc2cccc(F)c2)c1.O=Cc1cncn1Cc1cccc(F)c1. The Balaban J connectivity index is 0.000000284. The van der Waals surface area contributed by atoms with Gasteiger partial charge in [-0.3, -0.25) is 19.2 Å². The first kappa shape index (κ1) is 56.4. The van der Waals surface area contributed by atoms with Gasteiger partial charge in [0.2, 0.25) is 0 Å². The summed E-state index contributed by atoms with van der Waals surface area (Å²) in [4.78, 5) is 69.3. The molecular formula is C53H68F2N8O6. The van der Waals surface area contributed by atoms with Crippen LogP contribution in [0.1, 0.15) is 77.3 Å². The van der Waals surface area contributed by atoms with Crippen molar-refractivity contribution in [2.75, 3.05) is 40.9 Å². The molecule has 69 heavy (non-hydrogen) atoms. The first-order chi connectivity index (χ1) is 33.2. The fourth-order valence-corrected chi connectivity index (χ4v) is 7.34. The molecule has 1 aliphatic heterocycles. The van der Waals surface area contributed by atoms with E-state index in [1.54, 1.807) is 65.5 Å². The van der Waals surface area contributed by atoms with Gasteiger partial charge in [0.05, 0.1) is 44.2 Å². The number of hydrogen-bond acceptors (Lipinski definition) is 9. The maximum Gasteiger partial charge on any atom is 0.312 e. The van der Waals surface area contributed by atoms with Gasteiger partial charge in [-0.05, 0) is 73.2 Å². The summed E-state index contributed by atoms with van der Waals surface area (Å²) in [6, 6.07) is 28.8. The highest BCUT2D eigenvalue weighted by molar-refractivity contribution is 6.35. The van der Waals surface area contributed by atoms with Crippen LogP contribution in [0.15, 0.2) is 122 Å². The van der Waals surface area contributed by atoms with Crippen molar-refractivity contribution in [1.82, 2.24) is 33.8 Å². The molecule has 3 heterocycles. The van der Waals surface area contributed by atoms with Crippen LogP contribution in [-0.2, 0) is 56.6 Å². The molecule has 6 aromatic rings. The van der Waals surface area contributed by atoms with E-state index in [0.717, 1.165) is 40.7 Å². The topological polar surface area (TPSA) is 158 Å². The molecule has 0 spiro atoms. The molecule has 1 saturated heterocycles. The molecule has 1 fully saturated rings. The summed E-state index contributed by atoms with van der Waals surface area (Å²) in [5, 5.41) is 0. The van der Waals surface area contributed by atoms with Gasteiger partial charge in [0, 0.05) is 52.5 Å². The number of imidazole rings is 2. The van der Waals surface area contributed by atoms with Crippen molar-refractivity contribution >= 4 is 24.0 Å². The number of aldehydes is 1. The van der Waals surface area contributed by atoms with Crippen molar-refractivity contribution in [2.45, 2.75) is 86.1 Å². The summed E-state index contributed by atoms with van der Waals surface area (Å²) < 4.78 is 30.0. The van der Waals surface area contributed by atoms with Crippen LogP contribution >= 0.6 is 0 Å². The zero-order valence-electron chi connectivity index (χ0n) is 41.3. The van der Waals surface area contributed by atoms with E-state index in [1.807, 2.05) is 88.6 Å².